The Hall–Kier alpha value is -2.08. The highest BCUT2D eigenvalue weighted by molar-refractivity contribution is 6.27. The smallest absolute Gasteiger partial charge is 0.414 e. The minimum Gasteiger partial charge on any atom is -0.492 e. The van der Waals surface area contributed by atoms with E-state index in [0.29, 0.717) is 5.92 Å². The van der Waals surface area contributed by atoms with Crippen molar-refractivity contribution in [3.05, 3.63) is 29.3 Å². The van der Waals surface area contributed by atoms with Crippen LogP contribution in [0.5, 0.6) is 5.75 Å². The number of hydrogen-bond donors (Lipinski definition) is 2. The molecule has 0 spiro atoms. The molecule has 0 aliphatic rings. The number of ether oxygens (including phenoxy) is 1. The highest BCUT2D eigenvalue weighted by atomic mass is 16.5. The minimum absolute atomic E-state index is 0.509. The van der Waals surface area contributed by atoms with Gasteiger partial charge in [-0.15, -0.1) is 0 Å². The van der Waals surface area contributed by atoms with Gasteiger partial charge in [-0.2, -0.15) is 0 Å². The highest BCUT2D eigenvalue weighted by Gasteiger charge is 2.07. The maximum atomic E-state index is 9.10. The molecule has 0 saturated carbocycles. The number of carboxylic acid groups (broad SMARTS) is 2. The molecular formula is C16H25NO5. The Balaban J connectivity index is 0.000000626. The van der Waals surface area contributed by atoms with Gasteiger partial charge in [0.05, 0.1) is 0 Å². The van der Waals surface area contributed by atoms with Crippen molar-refractivity contribution in [3.8, 4) is 5.75 Å². The maximum Gasteiger partial charge on any atom is 0.414 e. The Morgan fingerprint density at radius 3 is 2.14 bits per heavy atom. The van der Waals surface area contributed by atoms with Crippen molar-refractivity contribution in [2.75, 3.05) is 27.2 Å². The van der Waals surface area contributed by atoms with Crippen molar-refractivity contribution in [1.29, 1.82) is 0 Å². The molecule has 0 atom stereocenters. The van der Waals surface area contributed by atoms with E-state index < -0.39 is 11.9 Å². The molecule has 1 aromatic rings. The van der Waals surface area contributed by atoms with E-state index in [4.69, 9.17) is 24.5 Å². The summed E-state index contributed by atoms with van der Waals surface area (Å²) in [6, 6.07) is 6.45. The number of aryl methyl sites for hydroxylation is 1. The SMILES string of the molecule is Cc1ccc(C(C)C)c(OCCN(C)C)c1.O=C(O)C(=O)O. The van der Waals surface area contributed by atoms with Gasteiger partial charge in [0.1, 0.15) is 12.4 Å². The van der Waals surface area contributed by atoms with Crippen LogP contribution in [0.15, 0.2) is 18.2 Å². The molecule has 22 heavy (non-hydrogen) atoms. The molecule has 0 aliphatic carbocycles. The average molecular weight is 311 g/mol. The van der Waals surface area contributed by atoms with E-state index in [2.05, 4.69) is 58.0 Å². The molecule has 0 aliphatic heterocycles. The van der Waals surface area contributed by atoms with E-state index in [0.717, 1.165) is 18.9 Å². The first-order valence-corrected chi connectivity index (χ1v) is 6.99. The molecule has 6 nitrogen and oxygen atoms in total. The van der Waals surface area contributed by atoms with Gasteiger partial charge < -0.3 is 19.8 Å². The number of hydrogen-bond acceptors (Lipinski definition) is 4. The zero-order valence-electron chi connectivity index (χ0n) is 13.8. The second kappa shape index (κ2) is 9.78. The second-order valence-electron chi connectivity index (χ2n) is 5.46. The van der Waals surface area contributed by atoms with Gasteiger partial charge in [0.25, 0.3) is 0 Å². The Bertz CT molecular complexity index is 485. The van der Waals surface area contributed by atoms with Crippen LogP contribution < -0.4 is 4.74 Å². The van der Waals surface area contributed by atoms with Crippen molar-refractivity contribution >= 4 is 11.9 Å². The van der Waals surface area contributed by atoms with E-state index in [1.807, 2.05) is 0 Å². The van der Waals surface area contributed by atoms with Crippen LogP contribution >= 0.6 is 0 Å². The number of carbonyl (C=O) groups is 2. The van der Waals surface area contributed by atoms with Crippen LogP contribution in [-0.4, -0.2) is 54.3 Å². The van der Waals surface area contributed by atoms with Gasteiger partial charge in [-0.3, -0.25) is 0 Å². The van der Waals surface area contributed by atoms with Crippen LogP contribution in [0.25, 0.3) is 0 Å². The molecule has 1 rings (SSSR count). The van der Waals surface area contributed by atoms with Crippen LogP contribution in [0.4, 0.5) is 0 Å². The summed E-state index contributed by atoms with van der Waals surface area (Å²) >= 11 is 0. The Morgan fingerprint density at radius 1 is 1.18 bits per heavy atom. The number of aliphatic carboxylic acids is 2. The first-order chi connectivity index (χ1) is 10.1. The molecule has 2 N–H and O–H groups in total. The van der Waals surface area contributed by atoms with Crippen LogP contribution in [0.2, 0.25) is 0 Å². The van der Waals surface area contributed by atoms with E-state index >= 15 is 0 Å². The van der Waals surface area contributed by atoms with Crippen LogP contribution in [-0.2, 0) is 9.59 Å². The first kappa shape index (κ1) is 19.9. The fraction of sp³-hybridized carbons (Fsp3) is 0.500. The summed E-state index contributed by atoms with van der Waals surface area (Å²) < 4.78 is 5.85. The molecule has 1 aromatic carbocycles. The molecule has 0 saturated heterocycles. The Kier molecular flexibility index (Phi) is 8.86. The average Bonchev–Trinajstić information content (AvgIpc) is 2.38. The van der Waals surface area contributed by atoms with Crippen molar-refractivity contribution < 1.29 is 24.5 Å². The monoisotopic (exact) mass is 311 g/mol. The number of likely N-dealkylation sites (N-methyl/N-ethyl adjacent to an activating group) is 1. The molecule has 0 fully saturated rings. The molecule has 0 heterocycles. The lowest BCUT2D eigenvalue weighted by atomic mass is 10.0. The van der Waals surface area contributed by atoms with Gasteiger partial charge in [-0.05, 0) is 44.1 Å². The van der Waals surface area contributed by atoms with Crippen LogP contribution in [0.3, 0.4) is 0 Å². The third-order valence-corrected chi connectivity index (χ3v) is 2.77. The molecule has 0 bridgehead atoms. The van der Waals surface area contributed by atoms with Gasteiger partial charge in [0.2, 0.25) is 0 Å². The lowest BCUT2D eigenvalue weighted by molar-refractivity contribution is -0.159. The lowest BCUT2D eigenvalue weighted by Crippen LogP contribution is -2.19. The molecule has 0 amide bonds. The van der Waals surface area contributed by atoms with Crippen molar-refractivity contribution in [2.45, 2.75) is 26.7 Å². The molecular weight excluding hydrogens is 286 g/mol. The standard InChI is InChI=1S/C14H23NO.C2H2O4/c1-11(2)13-7-6-12(3)10-14(13)16-9-8-15(4)5;3-1(4)2(5)6/h6-7,10-11H,8-9H2,1-5H3;(H,3,4)(H,5,6). The summed E-state index contributed by atoms with van der Waals surface area (Å²) in [5.74, 6) is -2.10. The molecule has 124 valence electrons. The summed E-state index contributed by atoms with van der Waals surface area (Å²) in [4.78, 5) is 20.3. The number of nitrogens with zero attached hydrogens (tertiary/aromatic N) is 1. The third-order valence-electron chi connectivity index (χ3n) is 2.77. The highest BCUT2D eigenvalue weighted by Crippen LogP contribution is 2.27. The topological polar surface area (TPSA) is 87.1 Å². The van der Waals surface area contributed by atoms with Crippen molar-refractivity contribution in [3.63, 3.8) is 0 Å². The van der Waals surface area contributed by atoms with Crippen LogP contribution in [0.1, 0.15) is 30.9 Å². The molecule has 6 heteroatoms. The van der Waals surface area contributed by atoms with Crippen molar-refractivity contribution in [1.82, 2.24) is 4.90 Å². The largest absolute Gasteiger partial charge is 0.492 e. The summed E-state index contributed by atoms with van der Waals surface area (Å²) in [6.07, 6.45) is 0. The summed E-state index contributed by atoms with van der Waals surface area (Å²) in [5.41, 5.74) is 2.55. The van der Waals surface area contributed by atoms with Crippen molar-refractivity contribution in [2.24, 2.45) is 0 Å². The van der Waals surface area contributed by atoms with E-state index in [9.17, 15) is 0 Å². The van der Waals surface area contributed by atoms with Crippen LogP contribution in [0, 0.1) is 6.92 Å². The van der Waals surface area contributed by atoms with Gasteiger partial charge in [0, 0.05) is 6.54 Å². The second-order valence-corrected chi connectivity index (χ2v) is 5.46. The predicted molar refractivity (Wildman–Crippen MR) is 84.6 cm³/mol. The minimum atomic E-state index is -1.82. The van der Waals surface area contributed by atoms with E-state index in [1.54, 1.807) is 0 Å². The predicted octanol–water partition coefficient (Wildman–Crippen LogP) is 2.21. The van der Waals surface area contributed by atoms with Gasteiger partial charge in [-0.1, -0.05) is 26.0 Å². The van der Waals surface area contributed by atoms with Gasteiger partial charge in [0.15, 0.2) is 0 Å². The van der Waals surface area contributed by atoms with Gasteiger partial charge >= 0.3 is 11.9 Å². The fourth-order valence-corrected chi connectivity index (χ4v) is 1.58. The number of benzene rings is 1. The zero-order valence-corrected chi connectivity index (χ0v) is 13.8. The lowest BCUT2D eigenvalue weighted by Gasteiger charge is -2.16. The summed E-state index contributed by atoms with van der Waals surface area (Å²) in [7, 11) is 4.12. The maximum absolute atomic E-state index is 9.10. The fourth-order valence-electron chi connectivity index (χ4n) is 1.58. The van der Waals surface area contributed by atoms with Gasteiger partial charge in [-0.25, -0.2) is 9.59 Å². The van der Waals surface area contributed by atoms with E-state index in [-0.39, 0.29) is 0 Å². The number of rotatable bonds is 5. The molecule has 0 radical (unpaired) electrons. The zero-order chi connectivity index (χ0) is 17.3. The number of carboxylic acids is 2. The normalized spacial score (nSPS) is 10.1. The molecule has 0 aromatic heterocycles. The Labute approximate surface area is 131 Å². The quantitative estimate of drug-likeness (QED) is 0.811. The van der Waals surface area contributed by atoms with E-state index in [1.165, 1.54) is 11.1 Å². The summed E-state index contributed by atoms with van der Waals surface area (Å²) in [5, 5.41) is 14.8. The third kappa shape index (κ3) is 8.26. The Morgan fingerprint density at radius 2 is 1.73 bits per heavy atom. The molecule has 0 unspecified atom stereocenters. The first-order valence-electron chi connectivity index (χ1n) is 6.99. The summed E-state index contributed by atoms with van der Waals surface area (Å²) in [6.45, 7) is 8.19.